The van der Waals surface area contributed by atoms with Crippen molar-refractivity contribution in [2.45, 2.75) is 24.5 Å². The summed E-state index contributed by atoms with van der Waals surface area (Å²) in [6, 6.07) is 5.83. The summed E-state index contributed by atoms with van der Waals surface area (Å²) in [7, 11) is 0. The minimum Gasteiger partial charge on any atom is -0.481 e. The summed E-state index contributed by atoms with van der Waals surface area (Å²) in [4.78, 5) is 15.4. The smallest absolute Gasteiger partial charge is 0.313 e. The van der Waals surface area contributed by atoms with Gasteiger partial charge in [0.25, 0.3) is 0 Å². The first kappa shape index (κ1) is 16.5. The minimum atomic E-state index is -0.846. The third-order valence-corrected chi connectivity index (χ3v) is 5.02. The number of carboxylic acids is 1. The van der Waals surface area contributed by atoms with Crippen molar-refractivity contribution in [1.82, 2.24) is 9.55 Å². The zero-order valence-corrected chi connectivity index (χ0v) is 14.3. The van der Waals surface area contributed by atoms with Crippen LogP contribution < -0.4 is 0 Å². The number of aliphatic carboxylic acids is 1. The van der Waals surface area contributed by atoms with E-state index in [0.29, 0.717) is 10.2 Å². The molecule has 21 heavy (non-hydrogen) atoms. The van der Waals surface area contributed by atoms with Crippen molar-refractivity contribution in [3.05, 3.63) is 23.2 Å². The Morgan fingerprint density at radius 1 is 1.52 bits per heavy atom. The predicted octanol–water partition coefficient (Wildman–Crippen LogP) is 4.18. The molecule has 0 amide bonds. The van der Waals surface area contributed by atoms with E-state index in [9.17, 15) is 4.79 Å². The molecule has 114 valence electrons. The first-order chi connectivity index (χ1) is 10.0. The van der Waals surface area contributed by atoms with Gasteiger partial charge in [-0.15, -0.1) is 0 Å². The first-order valence-electron chi connectivity index (χ1n) is 6.54. The number of halogens is 1. The molecule has 1 N–H and O–H groups in total. The Kier molecular flexibility index (Phi) is 5.84. The number of hydrogen-bond acceptors (Lipinski definition) is 4. The maximum Gasteiger partial charge on any atom is 0.313 e. The Bertz CT molecular complexity index is 645. The molecule has 4 nitrogen and oxygen atoms in total. The molecule has 0 radical (unpaired) electrons. The predicted molar refractivity (Wildman–Crippen MR) is 90.8 cm³/mol. The second-order valence-corrected chi connectivity index (χ2v) is 7.02. The molecule has 1 aromatic carbocycles. The zero-order valence-electron chi connectivity index (χ0n) is 11.9. The number of para-hydroxylation sites is 1. The van der Waals surface area contributed by atoms with Gasteiger partial charge in [-0.05, 0) is 37.5 Å². The van der Waals surface area contributed by atoms with E-state index in [1.54, 1.807) is 11.8 Å². The van der Waals surface area contributed by atoms with E-state index in [0.717, 1.165) is 23.2 Å². The SMILES string of the molecule is CSCCC(C)n1c(SCC(=O)O)nc2cccc(Cl)c21. The summed E-state index contributed by atoms with van der Waals surface area (Å²) in [6.07, 6.45) is 3.06. The van der Waals surface area contributed by atoms with E-state index in [2.05, 4.69) is 22.7 Å². The van der Waals surface area contributed by atoms with Gasteiger partial charge in [-0.1, -0.05) is 29.4 Å². The average Bonchev–Trinajstić information content (AvgIpc) is 2.82. The number of nitrogens with zero attached hydrogens (tertiary/aromatic N) is 2. The van der Waals surface area contributed by atoms with Crippen LogP contribution in [0.1, 0.15) is 19.4 Å². The number of carboxylic acid groups (broad SMARTS) is 1. The van der Waals surface area contributed by atoms with Gasteiger partial charge < -0.3 is 9.67 Å². The molecule has 1 heterocycles. The van der Waals surface area contributed by atoms with Crippen LogP contribution >= 0.6 is 35.1 Å². The van der Waals surface area contributed by atoms with Gasteiger partial charge in [0, 0.05) is 6.04 Å². The Hall–Kier alpha value is -0.850. The topological polar surface area (TPSA) is 55.1 Å². The van der Waals surface area contributed by atoms with Gasteiger partial charge in [0.05, 0.1) is 21.8 Å². The normalized spacial score (nSPS) is 12.7. The number of imidazole rings is 1. The minimum absolute atomic E-state index is 0.00378. The lowest BCUT2D eigenvalue weighted by Gasteiger charge is -2.17. The van der Waals surface area contributed by atoms with Gasteiger partial charge in [-0.25, -0.2) is 4.98 Å². The number of hydrogen-bond donors (Lipinski definition) is 1. The molecule has 0 spiro atoms. The molecule has 0 saturated heterocycles. The van der Waals surface area contributed by atoms with Gasteiger partial charge in [0.1, 0.15) is 0 Å². The average molecular weight is 345 g/mol. The van der Waals surface area contributed by atoms with Gasteiger partial charge in [-0.3, -0.25) is 4.79 Å². The van der Waals surface area contributed by atoms with E-state index >= 15 is 0 Å². The molecule has 2 rings (SSSR count). The van der Waals surface area contributed by atoms with Crippen LogP contribution in [-0.2, 0) is 4.79 Å². The van der Waals surface area contributed by atoms with Gasteiger partial charge in [-0.2, -0.15) is 11.8 Å². The van der Waals surface area contributed by atoms with Crippen LogP contribution in [0.5, 0.6) is 0 Å². The zero-order chi connectivity index (χ0) is 15.4. The molecule has 1 atom stereocenters. The molecule has 0 aliphatic heterocycles. The van der Waals surface area contributed by atoms with Gasteiger partial charge >= 0.3 is 5.97 Å². The summed E-state index contributed by atoms with van der Waals surface area (Å²) >= 11 is 9.36. The molecule has 0 aliphatic carbocycles. The van der Waals surface area contributed by atoms with Gasteiger partial charge in [0.15, 0.2) is 5.16 Å². The molecule has 1 unspecified atom stereocenters. The summed E-state index contributed by atoms with van der Waals surface area (Å²) < 4.78 is 2.07. The molecule has 0 fully saturated rings. The quantitative estimate of drug-likeness (QED) is 0.763. The molecule has 1 aromatic heterocycles. The van der Waals surface area contributed by atoms with Crippen LogP contribution in [0.15, 0.2) is 23.4 Å². The molecule has 7 heteroatoms. The third kappa shape index (κ3) is 3.87. The molecule has 2 aromatic rings. The largest absolute Gasteiger partial charge is 0.481 e. The van der Waals surface area contributed by atoms with E-state index in [4.69, 9.17) is 16.7 Å². The summed E-state index contributed by atoms with van der Waals surface area (Å²) in [5.41, 5.74) is 1.70. The molecular weight excluding hydrogens is 328 g/mol. The van der Waals surface area contributed by atoms with Crippen LogP contribution in [0.3, 0.4) is 0 Å². The van der Waals surface area contributed by atoms with Crippen molar-refractivity contribution >= 4 is 52.1 Å². The Morgan fingerprint density at radius 2 is 2.29 bits per heavy atom. The van der Waals surface area contributed by atoms with Crippen LogP contribution in [0.2, 0.25) is 5.02 Å². The van der Waals surface area contributed by atoms with Crippen LogP contribution in [0.4, 0.5) is 0 Å². The van der Waals surface area contributed by atoms with Crippen molar-refractivity contribution in [2.24, 2.45) is 0 Å². The number of thioether (sulfide) groups is 2. The maximum atomic E-state index is 10.8. The van der Waals surface area contributed by atoms with Crippen molar-refractivity contribution in [2.75, 3.05) is 17.8 Å². The van der Waals surface area contributed by atoms with Crippen LogP contribution in [-0.4, -0.2) is 38.4 Å². The van der Waals surface area contributed by atoms with E-state index in [-0.39, 0.29) is 11.8 Å². The van der Waals surface area contributed by atoms with Gasteiger partial charge in [0.2, 0.25) is 0 Å². The van der Waals surface area contributed by atoms with Crippen molar-refractivity contribution in [1.29, 1.82) is 0 Å². The first-order valence-corrected chi connectivity index (χ1v) is 9.30. The maximum absolute atomic E-state index is 10.8. The molecule has 0 aliphatic rings. The fraction of sp³-hybridized carbons (Fsp3) is 0.429. The highest BCUT2D eigenvalue weighted by atomic mass is 35.5. The van der Waals surface area contributed by atoms with E-state index < -0.39 is 5.97 Å². The molecule has 0 saturated carbocycles. The number of rotatable bonds is 7. The number of benzene rings is 1. The van der Waals surface area contributed by atoms with Crippen molar-refractivity contribution in [3.63, 3.8) is 0 Å². The Balaban J connectivity index is 2.45. The number of carbonyl (C=O) groups is 1. The lowest BCUT2D eigenvalue weighted by molar-refractivity contribution is -0.133. The number of fused-ring (bicyclic) bond motifs is 1. The van der Waals surface area contributed by atoms with Crippen LogP contribution in [0, 0.1) is 0 Å². The summed E-state index contributed by atoms with van der Waals surface area (Å²) in [6.45, 7) is 2.12. The summed E-state index contributed by atoms with van der Waals surface area (Å²) in [5, 5.41) is 10.3. The van der Waals surface area contributed by atoms with E-state index in [1.807, 2.05) is 18.2 Å². The number of aromatic nitrogens is 2. The standard InChI is InChI=1S/C14H17ClN2O2S2/c1-9(6-7-20-2)17-13-10(15)4-3-5-11(13)16-14(17)21-8-12(18)19/h3-5,9H,6-8H2,1-2H3,(H,18,19). The Labute approximate surface area is 137 Å². The van der Waals surface area contributed by atoms with Crippen LogP contribution in [0.25, 0.3) is 11.0 Å². The molecule has 0 bridgehead atoms. The highest BCUT2D eigenvalue weighted by Crippen LogP contribution is 2.33. The monoisotopic (exact) mass is 344 g/mol. The lowest BCUT2D eigenvalue weighted by atomic mass is 10.2. The lowest BCUT2D eigenvalue weighted by Crippen LogP contribution is -2.09. The molecular formula is C14H17ClN2O2S2. The van der Waals surface area contributed by atoms with E-state index in [1.165, 1.54) is 11.8 Å². The highest BCUT2D eigenvalue weighted by molar-refractivity contribution is 7.99. The van der Waals surface area contributed by atoms with Crippen molar-refractivity contribution in [3.8, 4) is 0 Å². The summed E-state index contributed by atoms with van der Waals surface area (Å²) in [5.74, 6) is 0.186. The third-order valence-electron chi connectivity index (χ3n) is 3.13. The Morgan fingerprint density at radius 3 is 2.95 bits per heavy atom. The van der Waals surface area contributed by atoms with Crippen molar-refractivity contribution < 1.29 is 9.90 Å². The fourth-order valence-corrected chi connectivity index (χ4v) is 3.80. The fourth-order valence-electron chi connectivity index (χ4n) is 2.14. The second-order valence-electron chi connectivity index (χ2n) is 4.68. The second kappa shape index (κ2) is 7.42. The highest BCUT2D eigenvalue weighted by Gasteiger charge is 2.18.